The summed E-state index contributed by atoms with van der Waals surface area (Å²) >= 11 is 0. The molecule has 2 amide bonds. The summed E-state index contributed by atoms with van der Waals surface area (Å²) in [4.78, 5) is 57.6. The molecule has 12 nitrogen and oxygen atoms in total. The van der Waals surface area contributed by atoms with Crippen molar-refractivity contribution in [3.8, 4) is 23.0 Å². The molecule has 4 aromatic carbocycles. The number of amides is 2. The molecule has 0 spiro atoms. The van der Waals surface area contributed by atoms with Gasteiger partial charge in [-0.3, -0.25) is 19.2 Å². The van der Waals surface area contributed by atoms with Crippen molar-refractivity contribution in [2.45, 2.75) is 112 Å². The van der Waals surface area contributed by atoms with E-state index in [-0.39, 0.29) is 62.9 Å². The van der Waals surface area contributed by atoms with E-state index in [1.54, 1.807) is 37.4 Å². The normalized spacial score (nSPS) is 12.0. The van der Waals surface area contributed by atoms with Gasteiger partial charge in [-0.1, -0.05) is 90.5 Å². The zero-order valence-corrected chi connectivity index (χ0v) is 37.3. The summed E-state index contributed by atoms with van der Waals surface area (Å²) in [6.45, 7) is 24.3. The minimum Gasteiger partial charge on any atom is -0.508 e. The molecule has 0 fully saturated rings. The standard InChI is InChI=1S/C25H30N2O4.C24H28N2O4.CH4/c1-24(2,3)17-11-18(25(4,5)6)21(28)12-20(17)27-23(30)16-13-26-19-10-14(31-7)8-9-15(19)22(16)29;1-23(2,3)16-10-17(24(4,5)6)20(28)11-19(16)26-22(30)15-12-25-18-9-13(27)7-8-14(18)21(15)29;/h8-13,28H,1-7H3,(H,26,29)(H,27,30);7-12,27-28H,1-6H3,(H,25,29)(H,26,30);1H4. The number of benzene rings is 4. The van der Waals surface area contributed by atoms with Gasteiger partial charge in [-0.15, -0.1) is 0 Å². The number of pyridine rings is 2. The molecule has 2 aromatic heterocycles. The van der Waals surface area contributed by atoms with Crippen molar-refractivity contribution in [3.63, 3.8) is 0 Å². The van der Waals surface area contributed by atoms with E-state index in [0.29, 0.717) is 38.9 Å². The van der Waals surface area contributed by atoms with Crippen LogP contribution in [0.4, 0.5) is 11.4 Å². The Balaban J connectivity index is 0.000000268. The number of rotatable bonds is 5. The lowest BCUT2D eigenvalue weighted by Gasteiger charge is -2.28. The maximum Gasteiger partial charge on any atom is 0.261 e. The van der Waals surface area contributed by atoms with Gasteiger partial charge in [-0.05, 0) is 80.3 Å². The van der Waals surface area contributed by atoms with E-state index >= 15 is 0 Å². The Bertz CT molecular complexity index is 2790. The molecular formula is C50H62N4O8. The number of anilines is 2. The lowest BCUT2D eigenvalue weighted by molar-refractivity contribution is 0.101. The van der Waals surface area contributed by atoms with Gasteiger partial charge in [0.25, 0.3) is 11.8 Å². The molecule has 7 N–H and O–H groups in total. The van der Waals surface area contributed by atoms with E-state index in [4.69, 9.17) is 4.74 Å². The maximum absolute atomic E-state index is 13.0. The smallest absolute Gasteiger partial charge is 0.261 e. The fourth-order valence-electron chi connectivity index (χ4n) is 7.08. The number of aromatic nitrogens is 2. The van der Waals surface area contributed by atoms with E-state index in [9.17, 15) is 34.5 Å². The Kier molecular flexibility index (Phi) is 13.5. The van der Waals surface area contributed by atoms with Crippen LogP contribution in [0.2, 0.25) is 0 Å². The molecule has 0 aliphatic carbocycles. The number of aromatic amines is 2. The Hall–Kier alpha value is -6.56. The predicted molar refractivity (Wildman–Crippen MR) is 251 cm³/mol. The molecule has 0 unspecified atom stereocenters. The number of hydrogen-bond acceptors (Lipinski definition) is 8. The minimum absolute atomic E-state index is 0. The van der Waals surface area contributed by atoms with Gasteiger partial charge in [0.05, 0.1) is 18.1 Å². The lowest BCUT2D eigenvalue weighted by atomic mass is 9.79. The van der Waals surface area contributed by atoms with Crippen LogP contribution in [0.3, 0.4) is 0 Å². The van der Waals surface area contributed by atoms with Crippen molar-refractivity contribution in [2.75, 3.05) is 17.7 Å². The van der Waals surface area contributed by atoms with Gasteiger partial charge in [0.2, 0.25) is 10.9 Å². The van der Waals surface area contributed by atoms with E-state index in [1.807, 2.05) is 95.2 Å². The number of methoxy groups -OCH3 is 1. The summed E-state index contributed by atoms with van der Waals surface area (Å²) in [5.74, 6) is -0.264. The van der Waals surface area contributed by atoms with Crippen molar-refractivity contribution >= 4 is 45.0 Å². The molecule has 330 valence electrons. The second-order valence-electron chi connectivity index (χ2n) is 19.4. The summed E-state index contributed by atoms with van der Waals surface area (Å²) in [5, 5.41) is 37.1. The van der Waals surface area contributed by atoms with Gasteiger partial charge in [0.1, 0.15) is 34.1 Å². The third kappa shape index (κ3) is 10.3. The second-order valence-corrected chi connectivity index (χ2v) is 19.4. The fraction of sp³-hybridized carbons (Fsp3) is 0.360. The highest BCUT2D eigenvalue weighted by atomic mass is 16.5. The number of hydrogen-bond donors (Lipinski definition) is 7. The quantitative estimate of drug-likeness (QED) is 0.0890. The van der Waals surface area contributed by atoms with Crippen LogP contribution < -0.4 is 26.2 Å². The lowest BCUT2D eigenvalue weighted by Crippen LogP contribution is -2.25. The van der Waals surface area contributed by atoms with Crippen LogP contribution in [-0.2, 0) is 21.7 Å². The van der Waals surface area contributed by atoms with Crippen LogP contribution >= 0.6 is 0 Å². The number of H-pyrrole nitrogens is 2. The predicted octanol–water partition coefficient (Wildman–Crippen LogP) is 10.5. The summed E-state index contributed by atoms with van der Waals surface area (Å²) < 4.78 is 5.18. The van der Waals surface area contributed by atoms with E-state index in [1.165, 1.54) is 30.6 Å². The number of carbonyl (C=O) groups excluding carboxylic acids is 2. The first kappa shape index (κ1) is 48.1. The summed E-state index contributed by atoms with van der Waals surface area (Å²) in [7, 11) is 1.55. The largest absolute Gasteiger partial charge is 0.508 e. The number of carbonyl (C=O) groups is 2. The monoisotopic (exact) mass is 846 g/mol. The molecule has 0 atom stereocenters. The minimum atomic E-state index is -0.570. The number of fused-ring (bicyclic) bond motifs is 2. The molecule has 6 aromatic rings. The van der Waals surface area contributed by atoms with Gasteiger partial charge in [0, 0.05) is 58.8 Å². The first-order valence-corrected chi connectivity index (χ1v) is 20.0. The van der Waals surface area contributed by atoms with Gasteiger partial charge in [-0.25, -0.2) is 0 Å². The van der Waals surface area contributed by atoms with Gasteiger partial charge in [0.15, 0.2) is 0 Å². The van der Waals surface area contributed by atoms with E-state index in [0.717, 1.165) is 22.3 Å². The average Bonchev–Trinajstić information content (AvgIpc) is 3.13. The molecule has 62 heavy (non-hydrogen) atoms. The third-order valence-electron chi connectivity index (χ3n) is 10.4. The zero-order valence-electron chi connectivity index (χ0n) is 37.3. The van der Waals surface area contributed by atoms with Crippen molar-refractivity contribution in [2.24, 2.45) is 0 Å². The summed E-state index contributed by atoms with van der Waals surface area (Å²) in [6, 6.07) is 16.3. The molecule has 0 aliphatic rings. The highest BCUT2D eigenvalue weighted by molar-refractivity contribution is 6.07. The average molecular weight is 847 g/mol. The second kappa shape index (κ2) is 17.4. The third-order valence-corrected chi connectivity index (χ3v) is 10.4. The molecule has 0 bridgehead atoms. The zero-order chi connectivity index (χ0) is 45.6. The number of phenols is 3. The highest BCUT2D eigenvalue weighted by Crippen LogP contribution is 2.41. The Morgan fingerprint density at radius 2 is 0.903 bits per heavy atom. The first-order chi connectivity index (χ1) is 28.1. The number of ether oxygens (including phenoxy) is 1. The van der Waals surface area contributed by atoms with E-state index < -0.39 is 17.2 Å². The molecule has 0 radical (unpaired) electrons. The van der Waals surface area contributed by atoms with Crippen molar-refractivity contribution in [1.29, 1.82) is 0 Å². The topological polar surface area (TPSA) is 194 Å². The molecular weight excluding hydrogens is 785 g/mol. The Morgan fingerprint density at radius 3 is 1.27 bits per heavy atom. The van der Waals surface area contributed by atoms with Crippen LogP contribution in [0, 0.1) is 0 Å². The van der Waals surface area contributed by atoms with Crippen LogP contribution in [0.1, 0.15) is 133 Å². The molecule has 2 heterocycles. The van der Waals surface area contributed by atoms with Gasteiger partial charge in [-0.2, -0.15) is 0 Å². The van der Waals surface area contributed by atoms with Crippen LogP contribution in [0.25, 0.3) is 21.8 Å². The molecule has 12 heteroatoms. The van der Waals surface area contributed by atoms with Gasteiger partial charge >= 0.3 is 0 Å². The highest BCUT2D eigenvalue weighted by Gasteiger charge is 2.28. The van der Waals surface area contributed by atoms with Crippen molar-refractivity contribution < 1.29 is 29.6 Å². The molecule has 6 rings (SSSR count). The molecule has 0 saturated carbocycles. The van der Waals surface area contributed by atoms with Crippen molar-refractivity contribution in [1.82, 2.24) is 9.97 Å². The maximum atomic E-state index is 13.0. The fourth-order valence-corrected chi connectivity index (χ4v) is 7.08. The van der Waals surface area contributed by atoms with Crippen LogP contribution in [0.15, 0.2) is 82.6 Å². The summed E-state index contributed by atoms with van der Waals surface area (Å²) in [6.07, 6.45) is 2.74. The van der Waals surface area contributed by atoms with Crippen molar-refractivity contribution in [3.05, 3.63) is 127 Å². The number of phenolic OH excluding ortho intramolecular Hbond substituents is 3. The molecule has 0 saturated heterocycles. The number of aromatic hydroxyl groups is 3. The SMILES string of the molecule is C.CC(C)(C)c1cc(C(C)(C)C)c(NC(=O)c2c[nH]c3cc(O)ccc3c2=O)cc1O.COc1ccc2c(=O)c(C(=O)Nc3cc(O)c(C(C)(C)C)cc3C(C)(C)C)c[nH]c2c1. The van der Waals surface area contributed by atoms with Gasteiger partial charge < -0.3 is 40.7 Å². The first-order valence-electron chi connectivity index (χ1n) is 20.0. The molecule has 0 aliphatic heterocycles. The van der Waals surface area contributed by atoms with Crippen LogP contribution in [0.5, 0.6) is 23.0 Å². The van der Waals surface area contributed by atoms with E-state index in [2.05, 4.69) is 20.6 Å². The Morgan fingerprint density at radius 1 is 0.532 bits per heavy atom. The number of nitrogens with one attached hydrogen (secondary N) is 4. The van der Waals surface area contributed by atoms with Crippen LogP contribution in [-0.4, -0.2) is 44.2 Å². The summed E-state index contributed by atoms with van der Waals surface area (Å²) in [5.41, 5.74) is 3.32. The Labute approximate surface area is 363 Å².